The minimum Gasteiger partial charge on any atom is -0.0622 e. The van der Waals surface area contributed by atoms with Gasteiger partial charge in [0.05, 0.1) is 0 Å². The van der Waals surface area contributed by atoms with E-state index in [0.717, 1.165) is 0 Å². The highest BCUT2D eigenvalue weighted by Crippen LogP contribution is 2.64. The summed E-state index contributed by atoms with van der Waals surface area (Å²) < 4.78 is 0. The summed E-state index contributed by atoms with van der Waals surface area (Å²) in [6.07, 6.45) is 6.23. The van der Waals surface area contributed by atoms with Crippen molar-refractivity contribution in [2.24, 2.45) is 0 Å². The van der Waals surface area contributed by atoms with Crippen molar-refractivity contribution >= 4 is 64.6 Å². The lowest BCUT2D eigenvalue weighted by molar-refractivity contribution is 0.446. The molecule has 0 bridgehead atoms. The Morgan fingerprint density at radius 2 is 0.549 bits per heavy atom. The van der Waals surface area contributed by atoms with E-state index in [-0.39, 0.29) is 0 Å². The number of benzene rings is 15. The normalized spacial score (nSPS) is 13.6. The number of rotatable bonds is 7. The fraction of sp³-hybridized carbons (Fsp3) is 0.0732. The van der Waals surface area contributed by atoms with Crippen LogP contribution in [-0.4, -0.2) is 0 Å². The Labute approximate surface area is 477 Å². The molecule has 0 heteroatoms. The maximum Gasteiger partial charge on any atom is -0.000718 e. The van der Waals surface area contributed by atoms with Crippen LogP contribution in [0.2, 0.25) is 0 Å². The van der Waals surface area contributed by atoms with Crippen LogP contribution in [-0.2, 0) is 0 Å². The van der Waals surface area contributed by atoms with Crippen molar-refractivity contribution in [3.05, 3.63) is 266 Å². The van der Waals surface area contributed by atoms with Crippen molar-refractivity contribution in [1.29, 1.82) is 0 Å². The summed E-state index contributed by atoms with van der Waals surface area (Å²) in [5.41, 5.74) is 27.6. The Morgan fingerprint density at radius 1 is 0.195 bits per heavy atom. The molecule has 0 heterocycles. The Bertz CT molecular complexity index is 5140. The van der Waals surface area contributed by atoms with Crippen LogP contribution in [0, 0.1) is 0 Å². The Hall–Kier alpha value is -9.88. The largest absolute Gasteiger partial charge is 0.0622 e. The summed E-state index contributed by atoms with van der Waals surface area (Å²) in [5, 5.41) is 16.3. The van der Waals surface area contributed by atoms with Gasteiger partial charge in [0.1, 0.15) is 0 Å². The van der Waals surface area contributed by atoms with E-state index >= 15 is 0 Å². The summed E-state index contributed by atoms with van der Waals surface area (Å²) in [5.74, 6) is 0.446. The van der Waals surface area contributed by atoms with Crippen LogP contribution < -0.4 is 0 Å². The standard InChI is InChI=1S/C82H54/c1-6-24-49(25-7-1)54-34-16-18-36-56(54)72-60-40-22-20-38-58(60)70(52-30-12-4-13-31-52)79-65-44-42-62-63-43-45-67-77-69(48-68(51-28-10-3-11-29-51)76(78(63)77)64-46-47-66(80(72)79)75(65)74(62)64)82-71(53-32-14-5-15-33-53)59-39-21-23-41-61(59)73(81(67)82)57-37-19-17-35-55(57)50-26-8-2-9-27-50/h1-2,4-9,12-27,30-48,51H,3,10-11,28-29H2. The molecule has 382 valence electrons. The van der Waals surface area contributed by atoms with E-state index in [9.17, 15) is 0 Å². The van der Waals surface area contributed by atoms with Crippen molar-refractivity contribution in [1.82, 2.24) is 0 Å². The van der Waals surface area contributed by atoms with E-state index in [1.54, 1.807) is 0 Å². The number of fused-ring (bicyclic) bond motifs is 10. The van der Waals surface area contributed by atoms with Crippen molar-refractivity contribution in [3.8, 4) is 111 Å². The first-order chi connectivity index (χ1) is 40.8. The molecule has 1 fully saturated rings. The smallest absolute Gasteiger partial charge is 0.000718 e. The van der Waals surface area contributed by atoms with E-state index in [4.69, 9.17) is 0 Å². The molecule has 15 aromatic rings. The second kappa shape index (κ2) is 17.8. The van der Waals surface area contributed by atoms with Crippen molar-refractivity contribution < 1.29 is 0 Å². The van der Waals surface area contributed by atoms with E-state index in [2.05, 4.69) is 261 Å². The van der Waals surface area contributed by atoms with Gasteiger partial charge in [-0.25, -0.2) is 0 Å². The summed E-state index contributed by atoms with van der Waals surface area (Å²) in [6.45, 7) is 0. The maximum absolute atomic E-state index is 2.74. The van der Waals surface area contributed by atoms with Crippen LogP contribution in [0.15, 0.2) is 261 Å². The van der Waals surface area contributed by atoms with Gasteiger partial charge in [0.2, 0.25) is 0 Å². The molecule has 1 saturated carbocycles. The van der Waals surface area contributed by atoms with Gasteiger partial charge in [-0.1, -0.05) is 274 Å². The predicted molar refractivity (Wildman–Crippen MR) is 350 cm³/mol. The summed E-state index contributed by atoms with van der Waals surface area (Å²) >= 11 is 0. The molecule has 0 amide bonds. The minimum absolute atomic E-state index is 0.446. The van der Waals surface area contributed by atoms with Crippen LogP contribution in [0.3, 0.4) is 0 Å². The molecule has 3 aliphatic carbocycles. The Kier molecular flexibility index (Phi) is 9.98. The molecule has 0 aromatic heterocycles. The molecule has 0 spiro atoms. The van der Waals surface area contributed by atoms with E-state index < -0.39 is 0 Å². The molecule has 0 aliphatic heterocycles. The molecule has 0 N–H and O–H groups in total. The second-order valence-electron chi connectivity index (χ2n) is 23.4. The third-order valence-corrected chi connectivity index (χ3v) is 19.3. The van der Waals surface area contributed by atoms with Crippen molar-refractivity contribution in [2.45, 2.75) is 38.0 Å². The average molecular weight is 1040 g/mol. The average Bonchev–Trinajstić information content (AvgIpc) is 2.02. The van der Waals surface area contributed by atoms with Gasteiger partial charge in [-0.2, -0.15) is 0 Å². The van der Waals surface area contributed by atoms with E-state index in [1.807, 2.05) is 0 Å². The molecular formula is C82H54. The van der Waals surface area contributed by atoms with Gasteiger partial charge in [0, 0.05) is 0 Å². The SMILES string of the molecule is c1ccc(-c2ccccc2-c2c3c(c(-c4ccccc4)c4ccccc24)-c2ccc4c5ccc6c7c(cc(C8CCCCC8)c(c8ccc-3c2c48)c75)-c2c-6c(-c3ccccc3-c3ccccc3)c3ccccc3c2-c2ccccc2)cc1. The van der Waals surface area contributed by atoms with E-state index in [1.165, 1.54) is 214 Å². The molecule has 18 rings (SSSR count). The Morgan fingerprint density at radius 3 is 1.02 bits per heavy atom. The zero-order chi connectivity index (χ0) is 53.6. The van der Waals surface area contributed by atoms with Gasteiger partial charge in [-0.3, -0.25) is 0 Å². The van der Waals surface area contributed by atoms with Crippen LogP contribution in [0.1, 0.15) is 43.6 Å². The van der Waals surface area contributed by atoms with Gasteiger partial charge in [0.15, 0.2) is 0 Å². The van der Waals surface area contributed by atoms with Crippen LogP contribution >= 0.6 is 0 Å². The molecule has 0 atom stereocenters. The molecule has 0 radical (unpaired) electrons. The molecule has 0 saturated heterocycles. The lowest BCUT2D eigenvalue weighted by Gasteiger charge is -2.27. The summed E-state index contributed by atoms with van der Waals surface area (Å²) in [4.78, 5) is 0. The first kappa shape index (κ1) is 45.9. The third kappa shape index (κ3) is 6.38. The van der Waals surface area contributed by atoms with Crippen LogP contribution in [0.4, 0.5) is 0 Å². The molecule has 0 nitrogen and oxygen atoms in total. The van der Waals surface area contributed by atoms with Gasteiger partial charge in [-0.15, -0.1) is 0 Å². The molecule has 0 unspecified atom stereocenters. The second-order valence-corrected chi connectivity index (χ2v) is 23.4. The van der Waals surface area contributed by atoms with E-state index in [0.29, 0.717) is 5.92 Å². The van der Waals surface area contributed by atoms with Crippen LogP contribution in [0.25, 0.3) is 176 Å². The predicted octanol–water partition coefficient (Wildman–Crippen LogP) is 23.4. The van der Waals surface area contributed by atoms with Gasteiger partial charge >= 0.3 is 0 Å². The molecule has 3 aliphatic rings. The zero-order valence-corrected chi connectivity index (χ0v) is 45.4. The monoisotopic (exact) mass is 1040 g/mol. The van der Waals surface area contributed by atoms with Crippen molar-refractivity contribution in [3.63, 3.8) is 0 Å². The first-order valence-corrected chi connectivity index (χ1v) is 29.6. The highest BCUT2D eigenvalue weighted by Gasteiger charge is 2.37. The first-order valence-electron chi connectivity index (χ1n) is 29.6. The number of hydrogen-bond acceptors (Lipinski definition) is 0. The van der Waals surface area contributed by atoms with Gasteiger partial charge in [-0.05, 0) is 206 Å². The topological polar surface area (TPSA) is 0 Å². The highest BCUT2D eigenvalue weighted by molar-refractivity contribution is 6.43. The zero-order valence-electron chi connectivity index (χ0n) is 45.4. The van der Waals surface area contributed by atoms with Crippen LogP contribution in [0.5, 0.6) is 0 Å². The fourth-order valence-corrected chi connectivity index (χ4v) is 16.1. The summed E-state index contributed by atoms with van der Waals surface area (Å²) in [7, 11) is 0. The maximum atomic E-state index is 2.74. The minimum atomic E-state index is 0.446. The van der Waals surface area contributed by atoms with Gasteiger partial charge < -0.3 is 0 Å². The fourth-order valence-electron chi connectivity index (χ4n) is 16.1. The molecule has 15 aromatic carbocycles. The highest BCUT2D eigenvalue weighted by atomic mass is 14.4. The Balaban J connectivity index is 0.998. The quantitative estimate of drug-likeness (QED) is 0.110. The number of hydrogen-bond donors (Lipinski definition) is 0. The molecular weight excluding hydrogens is 985 g/mol. The molecule has 82 heavy (non-hydrogen) atoms. The lowest BCUT2D eigenvalue weighted by atomic mass is 9.77. The lowest BCUT2D eigenvalue weighted by Crippen LogP contribution is -2.06. The van der Waals surface area contributed by atoms with Crippen molar-refractivity contribution in [2.75, 3.05) is 0 Å². The summed E-state index contributed by atoms with van der Waals surface area (Å²) in [6, 6.07) is 99.3. The van der Waals surface area contributed by atoms with Gasteiger partial charge in [0.25, 0.3) is 0 Å². The third-order valence-electron chi connectivity index (χ3n) is 19.3.